The number of carbonyl (C=O) groups is 1. The summed E-state index contributed by atoms with van der Waals surface area (Å²) in [4.78, 5) is 17.3. The van der Waals surface area contributed by atoms with Crippen molar-refractivity contribution < 1.29 is 9.53 Å². The van der Waals surface area contributed by atoms with Crippen LogP contribution in [0.1, 0.15) is 58.9 Å². The lowest BCUT2D eigenvalue weighted by Crippen LogP contribution is -2.51. The molecule has 0 radical (unpaired) electrons. The van der Waals surface area contributed by atoms with Crippen molar-refractivity contribution in [1.82, 2.24) is 4.90 Å². The number of anilines is 1. The van der Waals surface area contributed by atoms with E-state index >= 15 is 0 Å². The van der Waals surface area contributed by atoms with Gasteiger partial charge in [-0.15, -0.1) is 0 Å². The molecule has 0 spiro atoms. The maximum Gasteiger partial charge on any atom is 0.239 e. The second kappa shape index (κ2) is 12.8. The van der Waals surface area contributed by atoms with E-state index in [9.17, 15) is 4.79 Å². The van der Waals surface area contributed by atoms with E-state index in [0.717, 1.165) is 62.3 Å². The first-order chi connectivity index (χ1) is 16.3. The number of carbonyl (C=O) groups excluding carboxylic acids is 1. The Morgan fingerprint density at radius 1 is 1.00 bits per heavy atom. The molecule has 1 atom stereocenters. The Labute approximate surface area is 206 Å². The number of para-hydroxylation sites is 2. The largest absolute Gasteiger partial charge is 0.487 e. The first-order valence-electron chi connectivity index (χ1n) is 12.9. The Hall–Kier alpha value is -2.53. The van der Waals surface area contributed by atoms with Crippen LogP contribution in [0.3, 0.4) is 0 Å². The predicted octanol–water partition coefficient (Wildman–Crippen LogP) is 5.48. The predicted molar refractivity (Wildman–Crippen MR) is 141 cm³/mol. The van der Waals surface area contributed by atoms with Crippen molar-refractivity contribution in [2.24, 2.45) is 17.6 Å². The van der Waals surface area contributed by atoms with Crippen molar-refractivity contribution in [2.45, 2.75) is 72.1 Å². The SMILES string of the molecule is CC(C)CCN(c1ccccc1OCc1ccccc1)C1CCN(C(=O)C(N)CC(C)C)CC1. The van der Waals surface area contributed by atoms with Crippen LogP contribution in [0.4, 0.5) is 5.69 Å². The number of piperidine rings is 1. The van der Waals surface area contributed by atoms with Crippen LogP contribution in [0.25, 0.3) is 0 Å². The van der Waals surface area contributed by atoms with Crippen LogP contribution in [0.2, 0.25) is 0 Å². The second-order valence-electron chi connectivity index (χ2n) is 10.4. The Morgan fingerprint density at radius 3 is 2.29 bits per heavy atom. The van der Waals surface area contributed by atoms with Gasteiger partial charge in [-0.1, -0.05) is 70.2 Å². The molecule has 2 aromatic carbocycles. The third-order valence-electron chi connectivity index (χ3n) is 6.62. The lowest BCUT2D eigenvalue weighted by atomic mass is 9.98. The van der Waals surface area contributed by atoms with Gasteiger partial charge in [0.2, 0.25) is 5.91 Å². The topological polar surface area (TPSA) is 58.8 Å². The highest BCUT2D eigenvalue weighted by atomic mass is 16.5. The van der Waals surface area contributed by atoms with E-state index in [1.807, 2.05) is 29.2 Å². The number of hydrogen-bond acceptors (Lipinski definition) is 4. The smallest absolute Gasteiger partial charge is 0.239 e. The Morgan fingerprint density at radius 2 is 1.65 bits per heavy atom. The van der Waals surface area contributed by atoms with Gasteiger partial charge in [-0.2, -0.15) is 0 Å². The fourth-order valence-corrected chi connectivity index (χ4v) is 4.69. The molecule has 3 rings (SSSR count). The molecule has 0 aromatic heterocycles. The summed E-state index contributed by atoms with van der Waals surface area (Å²) in [5.41, 5.74) is 8.51. The lowest BCUT2D eigenvalue weighted by Gasteiger charge is -2.41. The average Bonchev–Trinajstić information content (AvgIpc) is 2.83. The monoisotopic (exact) mass is 465 g/mol. The minimum absolute atomic E-state index is 0.104. The number of nitrogens with two attached hydrogens (primary N) is 1. The first kappa shape index (κ1) is 26.1. The van der Waals surface area contributed by atoms with Crippen molar-refractivity contribution in [1.29, 1.82) is 0 Å². The van der Waals surface area contributed by atoms with Gasteiger partial charge in [0, 0.05) is 25.7 Å². The normalized spacial score (nSPS) is 15.6. The van der Waals surface area contributed by atoms with Crippen molar-refractivity contribution in [2.75, 3.05) is 24.5 Å². The zero-order chi connectivity index (χ0) is 24.5. The summed E-state index contributed by atoms with van der Waals surface area (Å²) in [6.45, 7) is 11.8. The number of nitrogens with zero attached hydrogens (tertiary/aromatic N) is 2. The second-order valence-corrected chi connectivity index (χ2v) is 10.4. The quantitative estimate of drug-likeness (QED) is 0.477. The number of likely N-dealkylation sites (tertiary alicyclic amines) is 1. The molecule has 1 aliphatic rings. The van der Waals surface area contributed by atoms with E-state index in [2.05, 4.69) is 62.9 Å². The van der Waals surface area contributed by atoms with Crippen LogP contribution in [0.5, 0.6) is 5.75 Å². The molecule has 1 unspecified atom stereocenters. The van der Waals surface area contributed by atoms with Gasteiger partial charge < -0.3 is 20.3 Å². The van der Waals surface area contributed by atoms with Crippen LogP contribution < -0.4 is 15.4 Å². The van der Waals surface area contributed by atoms with E-state index in [0.29, 0.717) is 24.5 Å². The minimum Gasteiger partial charge on any atom is -0.487 e. The van der Waals surface area contributed by atoms with Gasteiger partial charge in [0.1, 0.15) is 12.4 Å². The zero-order valence-electron chi connectivity index (χ0n) is 21.5. The molecule has 186 valence electrons. The first-order valence-corrected chi connectivity index (χ1v) is 12.9. The summed E-state index contributed by atoms with van der Waals surface area (Å²) < 4.78 is 6.31. The molecule has 1 aliphatic heterocycles. The maximum absolute atomic E-state index is 12.8. The number of hydrogen-bond donors (Lipinski definition) is 1. The molecular formula is C29H43N3O2. The summed E-state index contributed by atoms with van der Waals surface area (Å²) >= 11 is 0. The van der Waals surface area contributed by atoms with Gasteiger partial charge in [-0.05, 0) is 55.2 Å². The van der Waals surface area contributed by atoms with E-state index in [4.69, 9.17) is 10.5 Å². The zero-order valence-corrected chi connectivity index (χ0v) is 21.5. The van der Waals surface area contributed by atoms with Gasteiger partial charge in [0.25, 0.3) is 0 Å². The lowest BCUT2D eigenvalue weighted by molar-refractivity contribution is -0.134. The van der Waals surface area contributed by atoms with Gasteiger partial charge in [-0.3, -0.25) is 4.79 Å². The van der Waals surface area contributed by atoms with Gasteiger partial charge >= 0.3 is 0 Å². The Bertz CT molecular complexity index is 876. The fraction of sp³-hybridized carbons (Fsp3) is 0.552. The summed E-state index contributed by atoms with van der Waals surface area (Å²) in [5, 5.41) is 0. The highest BCUT2D eigenvalue weighted by Crippen LogP contribution is 2.33. The van der Waals surface area contributed by atoms with E-state index in [-0.39, 0.29) is 11.9 Å². The molecule has 5 nitrogen and oxygen atoms in total. The molecule has 0 aliphatic carbocycles. The van der Waals surface area contributed by atoms with Crippen LogP contribution >= 0.6 is 0 Å². The van der Waals surface area contributed by atoms with Crippen molar-refractivity contribution in [3.8, 4) is 5.75 Å². The van der Waals surface area contributed by atoms with Gasteiger partial charge in [0.15, 0.2) is 0 Å². The molecular weight excluding hydrogens is 422 g/mol. The van der Waals surface area contributed by atoms with E-state index in [1.54, 1.807) is 0 Å². The maximum atomic E-state index is 12.8. The van der Waals surface area contributed by atoms with Crippen LogP contribution in [0.15, 0.2) is 54.6 Å². The molecule has 2 N–H and O–H groups in total. The van der Waals surface area contributed by atoms with Gasteiger partial charge in [-0.25, -0.2) is 0 Å². The number of amides is 1. The summed E-state index contributed by atoms with van der Waals surface area (Å²) in [6.07, 6.45) is 3.76. The third kappa shape index (κ3) is 7.49. The molecule has 0 saturated carbocycles. The van der Waals surface area contributed by atoms with Crippen LogP contribution in [-0.4, -0.2) is 42.5 Å². The van der Waals surface area contributed by atoms with Crippen molar-refractivity contribution >= 4 is 11.6 Å². The Balaban J connectivity index is 1.71. The number of rotatable bonds is 11. The third-order valence-corrected chi connectivity index (χ3v) is 6.62. The highest BCUT2D eigenvalue weighted by molar-refractivity contribution is 5.81. The van der Waals surface area contributed by atoms with Crippen molar-refractivity contribution in [3.05, 3.63) is 60.2 Å². The molecule has 34 heavy (non-hydrogen) atoms. The molecule has 1 amide bonds. The highest BCUT2D eigenvalue weighted by Gasteiger charge is 2.30. The standard InChI is InChI=1S/C29H43N3O2/c1-22(2)14-19-32(25-15-17-31(18-16-25)29(33)26(30)20-23(3)4)27-12-8-9-13-28(27)34-21-24-10-6-5-7-11-24/h5-13,22-23,25-26H,14-21,30H2,1-4H3. The minimum atomic E-state index is -0.388. The average molecular weight is 466 g/mol. The van der Waals surface area contributed by atoms with E-state index < -0.39 is 0 Å². The van der Waals surface area contributed by atoms with Crippen molar-refractivity contribution in [3.63, 3.8) is 0 Å². The van der Waals surface area contributed by atoms with Gasteiger partial charge in [0.05, 0.1) is 11.7 Å². The molecule has 1 fully saturated rings. The molecule has 2 aromatic rings. The van der Waals surface area contributed by atoms with Crippen LogP contribution in [0, 0.1) is 11.8 Å². The molecule has 0 bridgehead atoms. The summed E-state index contributed by atoms with van der Waals surface area (Å²) in [7, 11) is 0. The van der Waals surface area contributed by atoms with E-state index in [1.165, 1.54) is 0 Å². The Kier molecular flexibility index (Phi) is 9.82. The molecule has 1 heterocycles. The molecule has 5 heteroatoms. The summed E-state index contributed by atoms with van der Waals surface area (Å²) in [5.74, 6) is 2.08. The fourth-order valence-electron chi connectivity index (χ4n) is 4.69. The number of ether oxygens (including phenoxy) is 1. The van der Waals surface area contributed by atoms with Crippen LogP contribution in [-0.2, 0) is 11.4 Å². The molecule has 1 saturated heterocycles. The summed E-state index contributed by atoms with van der Waals surface area (Å²) in [6, 6.07) is 18.7. The number of benzene rings is 2.